The van der Waals surface area contributed by atoms with E-state index in [1.54, 1.807) is 0 Å². The molecular weight excluding hydrogens is 284 g/mol. The van der Waals surface area contributed by atoms with Crippen molar-refractivity contribution in [3.8, 4) is 0 Å². The van der Waals surface area contributed by atoms with Gasteiger partial charge in [0, 0.05) is 0 Å². The number of aliphatic hydroxyl groups excluding tert-OH is 1. The summed E-state index contributed by atoms with van der Waals surface area (Å²) in [4.78, 5) is 0. The predicted octanol–water partition coefficient (Wildman–Crippen LogP) is 2.00. The fraction of sp³-hybridized carbons (Fsp3) is 0.529. The third-order valence-electron chi connectivity index (χ3n) is 3.89. The first kappa shape index (κ1) is 15.6. The van der Waals surface area contributed by atoms with Crippen LogP contribution in [0.15, 0.2) is 43.0 Å². The minimum atomic E-state index is -0.832. The van der Waals surface area contributed by atoms with E-state index in [9.17, 15) is 5.11 Å². The van der Waals surface area contributed by atoms with Crippen LogP contribution < -0.4 is 0 Å². The highest BCUT2D eigenvalue weighted by Crippen LogP contribution is 2.40. The molecule has 22 heavy (non-hydrogen) atoms. The van der Waals surface area contributed by atoms with Gasteiger partial charge in [-0.25, -0.2) is 0 Å². The first-order valence-electron chi connectivity index (χ1n) is 7.47. The molecule has 1 N–H and O–H groups in total. The summed E-state index contributed by atoms with van der Waals surface area (Å²) in [7, 11) is 0. The van der Waals surface area contributed by atoms with Crippen LogP contribution in [0.2, 0.25) is 0 Å². The van der Waals surface area contributed by atoms with E-state index in [2.05, 4.69) is 6.58 Å². The molecule has 1 aromatic rings. The normalized spacial score (nSPS) is 34.3. The van der Waals surface area contributed by atoms with Gasteiger partial charge in [0.05, 0.1) is 6.61 Å². The maximum Gasteiger partial charge on any atom is 0.190 e. The lowest BCUT2D eigenvalue weighted by Gasteiger charge is -2.27. The van der Waals surface area contributed by atoms with Crippen LogP contribution in [0.4, 0.5) is 0 Å². The Balaban J connectivity index is 1.73. The Labute approximate surface area is 130 Å². The summed E-state index contributed by atoms with van der Waals surface area (Å²) >= 11 is 0. The molecule has 2 aliphatic rings. The zero-order valence-corrected chi connectivity index (χ0v) is 12.8. The number of aliphatic hydroxyl groups is 1. The molecule has 2 saturated heterocycles. The van der Waals surface area contributed by atoms with Crippen LogP contribution in [0.25, 0.3) is 0 Å². The molecule has 0 aromatic heterocycles. The standard InChI is InChI=1S/C17H22O5/c1-4-12(18)13-14(19-10-11-8-6-5-7-9-11)15-16(20-13)22-17(2,3)21-15/h4-9,12-16,18H,1,10H2,2-3H3/t12-,13+,14-,15+,16+/m0/s1. The Kier molecular flexibility index (Phi) is 4.34. The topological polar surface area (TPSA) is 57.2 Å². The molecule has 2 heterocycles. The van der Waals surface area contributed by atoms with Crippen LogP contribution in [-0.4, -0.2) is 41.6 Å². The monoisotopic (exact) mass is 306 g/mol. The summed E-state index contributed by atoms with van der Waals surface area (Å²) in [6, 6.07) is 9.85. The summed E-state index contributed by atoms with van der Waals surface area (Å²) in [5.41, 5.74) is 1.05. The maximum atomic E-state index is 10.1. The maximum absolute atomic E-state index is 10.1. The molecule has 0 aliphatic carbocycles. The summed E-state index contributed by atoms with van der Waals surface area (Å²) in [6.45, 7) is 7.70. The van der Waals surface area contributed by atoms with E-state index in [-0.39, 0.29) is 6.10 Å². The molecule has 5 atom stereocenters. The van der Waals surface area contributed by atoms with E-state index in [0.717, 1.165) is 5.56 Å². The highest BCUT2D eigenvalue weighted by molar-refractivity contribution is 5.13. The van der Waals surface area contributed by atoms with Gasteiger partial charge in [-0.2, -0.15) is 0 Å². The van der Waals surface area contributed by atoms with Crippen molar-refractivity contribution in [2.24, 2.45) is 0 Å². The predicted molar refractivity (Wildman–Crippen MR) is 79.9 cm³/mol. The molecule has 0 amide bonds. The van der Waals surface area contributed by atoms with Crippen LogP contribution in [0, 0.1) is 0 Å². The lowest BCUT2D eigenvalue weighted by molar-refractivity contribution is -0.227. The number of rotatable bonds is 5. The lowest BCUT2D eigenvalue weighted by atomic mass is 10.1. The zero-order chi connectivity index (χ0) is 15.7. The van der Waals surface area contributed by atoms with Gasteiger partial charge in [-0.15, -0.1) is 6.58 Å². The molecule has 2 fully saturated rings. The van der Waals surface area contributed by atoms with E-state index in [4.69, 9.17) is 18.9 Å². The van der Waals surface area contributed by atoms with E-state index in [1.165, 1.54) is 6.08 Å². The molecule has 1 aromatic carbocycles. The second-order valence-corrected chi connectivity index (χ2v) is 6.06. The van der Waals surface area contributed by atoms with Crippen molar-refractivity contribution in [1.82, 2.24) is 0 Å². The van der Waals surface area contributed by atoms with Crippen LogP contribution >= 0.6 is 0 Å². The molecule has 0 spiro atoms. The number of hydrogen-bond acceptors (Lipinski definition) is 5. The number of ether oxygens (including phenoxy) is 4. The first-order valence-corrected chi connectivity index (χ1v) is 7.47. The molecule has 0 unspecified atom stereocenters. The molecule has 3 rings (SSSR count). The van der Waals surface area contributed by atoms with Crippen molar-refractivity contribution >= 4 is 0 Å². The summed E-state index contributed by atoms with van der Waals surface area (Å²) in [6.07, 6.45) is -1.25. The fourth-order valence-electron chi connectivity index (χ4n) is 2.87. The minimum absolute atomic E-state index is 0.363. The number of benzene rings is 1. The highest BCUT2D eigenvalue weighted by Gasteiger charge is 2.56. The van der Waals surface area contributed by atoms with Gasteiger partial charge >= 0.3 is 0 Å². The summed E-state index contributed by atoms with van der Waals surface area (Å²) < 4.78 is 23.4. The Hall–Kier alpha value is -1.24. The quantitative estimate of drug-likeness (QED) is 0.843. The van der Waals surface area contributed by atoms with E-state index in [0.29, 0.717) is 6.61 Å². The van der Waals surface area contributed by atoms with Crippen molar-refractivity contribution in [2.45, 2.75) is 56.9 Å². The van der Waals surface area contributed by atoms with Gasteiger partial charge in [-0.3, -0.25) is 0 Å². The van der Waals surface area contributed by atoms with E-state index in [1.807, 2.05) is 44.2 Å². The lowest BCUT2D eigenvalue weighted by Crippen LogP contribution is -2.41. The van der Waals surface area contributed by atoms with Crippen LogP contribution in [-0.2, 0) is 25.6 Å². The SMILES string of the molecule is C=C[C@H](O)[C@H]1O[C@@H]2OC(C)(C)O[C@@H]2[C@H]1OCc1ccccc1. The second-order valence-electron chi connectivity index (χ2n) is 6.06. The number of hydrogen-bond donors (Lipinski definition) is 1. The molecule has 5 heteroatoms. The molecule has 2 aliphatic heterocycles. The molecule has 120 valence electrons. The molecule has 0 radical (unpaired) electrons. The van der Waals surface area contributed by atoms with Gasteiger partial charge in [0.1, 0.15) is 24.4 Å². The smallest absolute Gasteiger partial charge is 0.190 e. The molecule has 0 saturated carbocycles. The third-order valence-corrected chi connectivity index (χ3v) is 3.89. The third kappa shape index (κ3) is 3.09. The van der Waals surface area contributed by atoms with Crippen LogP contribution in [0.1, 0.15) is 19.4 Å². The van der Waals surface area contributed by atoms with Crippen molar-refractivity contribution in [2.75, 3.05) is 0 Å². The second kappa shape index (κ2) is 6.10. The van der Waals surface area contributed by atoms with Gasteiger partial charge in [0.2, 0.25) is 0 Å². The first-order chi connectivity index (χ1) is 10.5. The van der Waals surface area contributed by atoms with Crippen LogP contribution in [0.5, 0.6) is 0 Å². The molecular formula is C17H22O5. The van der Waals surface area contributed by atoms with Gasteiger partial charge < -0.3 is 24.1 Å². The fourth-order valence-corrected chi connectivity index (χ4v) is 2.87. The van der Waals surface area contributed by atoms with Crippen molar-refractivity contribution in [3.63, 3.8) is 0 Å². The average molecular weight is 306 g/mol. The minimum Gasteiger partial charge on any atom is -0.386 e. The van der Waals surface area contributed by atoms with Gasteiger partial charge in [0.25, 0.3) is 0 Å². The Morgan fingerprint density at radius 2 is 2.05 bits per heavy atom. The molecule has 0 bridgehead atoms. The largest absolute Gasteiger partial charge is 0.386 e. The Bertz CT molecular complexity index is 515. The Morgan fingerprint density at radius 3 is 2.73 bits per heavy atom. The zero-order valence-electron chi connectivity index (χ0n) is 12.8. The summed E-state index contributed by atoms with van der Waals surface area (Å²) in [5.74, 6) is -0.714. The van der Waals surface area contributed by atoms with Crippen molar-refractivity contribution < 1.29 is 24.1 Å². The highest BCUT2D eigenvalue weighted by atomic mass is 16.8. The van der Waals surface area contributed by atoms with Crippen molar-refractivity contribution in [1.29, 1.82) is 0 Å². The number of fused-ring (bicyclic) bond motifs is 1. The van der Waals surface area contributed by atoms with Gasteiger partial charge in [0.15, 0.2) is 12.1 Å². The van der Waals surface area contributed by atoms with Crippen LogP contribution in [0.3, 0.4) is 0 Å². The van der Waals surface area contributed by atoms with E-state index >= 15 is 0 Å². The van der Waals surface area contributed by atoms with E-state index < -0.39 is 30.4 Å². The summed E-state index contributed by atoms with van der Waals surface area (Å²) in [5, 5.41) is 10.1. The molecule has 5 nitrogen and oxygen atoms in total. The van der Waals surface area contributed by atoms with Gasteiger partial charge in [-0.1, -0.05) is 36.4 Å². The van der Waals surface area contributed by atoms with Crippen molar-refractivity contribution in [3.05, 3.63) is 48.6 Å². The Morgan fingerprint density at radius 1 is 1.32 bits per heavy atom. The average Bonchev–Trinajstić information content (AvgIpc) is 2.97. The van der Waals surface area contributed by atoms with Gasteiger partial charge in [-0.05, 0) is 19.4 Å².